The number of aromatic carboxylic acids is 1. The number of likely N-dealkylation sites (tertiary alicyclic amines) is 1. The fourth-order valence-corrected chi connectivity index (χ4v) is 3.44. The summed E-state index contributed by atoms with van der Waals surface area (Å²) in [7, 11) is 0.129. The van der Waals surface area contributed by atoms with Crippen LogP contribution in [-0.4, -0.2) is 82.7 Å². The summed E-state index contributed by atoms with van der Waals surface area (Å²) in [6.07, 6.45) is 3.96. The number of carboxylic acids is 1. The summed E-state index contributed by atoms with van der Waals surface area (Å²) in [5.41, 5.74) is 0.567. The molecule has 3 rings (SSSR count). The highest BCUT2D eigenvalue weighted by Gasteiger charge is 2.37. The molecule has 2 heterocycles. The molecule has 0 radical (unpaired) electrons. The van der Waals surface area contributed by atoms with Gasteiger partial charge in [-0.1, -0.05) is 12.1 Å². The Morgan fingerprint density at radius 2 is 2.10 bits per heavy atom. The second-order valence-corrected chi connectivity index (χ2v) is 7.15. The average Bonchev–Trinajstić information content (AvgIpc) is 3.17. The Morgan fingerprint density at radius 3 is 2.67 bits per heavy atom. The number of likely N-dealkylation sites (N-methyl/N-ethyl adjacent to an activating group) is 1. The molecule has 0 spiro atoms. The molecule has 1 atom stereocenters. The summed E-state index contributed by atoms with van der Waals surface area (Å²) in [6.45, 7) is 0.568. The number of carbonyl (C=O) groups excluding carboxylic acids is 1. The Hall–Kier alpha value is -2.89. The standard InChI is InChI=1S/C19H24BN3O7/c1-21-16(13-3-2-8-22-13)18(25)23-9-12(10-23)30-14-5-4-11(6-7-20(28)29)17(24)15(14)19(26)27/h3-5,8,12,16,21,24,28-29H,2,6-7,9-10H2,1H3,(H,26,27). The number of nitrogens with zero attached hydrogens (tertiary/aromatic N) is 2. The van der Waals surface area contributed by atoms with E-state index in [0.717, 1.165) is 0 Å². The van der Waals surface area contributed by atoms with E-state index in [2.05, 4.69) is 10.3 Å². The highest BCUT2D eigenvalue weighted by Crippen LogP contribution is 2.34. The van der Waals surface area contributed by atoms with Crippen molar-refractivity contribution >= 4 is 25.2 Å². The molecular weight excluding hydrogens is 393 g/mol. The average molecular weight is 417 g/mol. The number of ether oxygens (including phenoxy) is 1. The van der Waals surface area contributed by atoms with Crippen LogP contribution in [0.25, 0.3) is 0 Å². The molecule has 11 heteroatoms. The summed E-state index contributed by atoms with van der Waals surface area (Å²) < 4.78 is 5.73. The highest BCUT2D eigenvalue weighted by molar-refractivity contribution is 6.41. The third-order valence-corrected chi connectivity index (χ3v) is 5.07. The number of phenols is 1. The van der Waals surface area contributed by atoms with Crippen molar-refractivity contribution in [3.63, 3.8) is 0 Å². The van der Waals surface area contributed by atoms with E-state index in [0.29, 0.717) is 12.1 Å². The second kappa shape index (κ2) is 9.29. The molecule has 0 aromatic heterocycles. The molecule has 1 fully saturated rings. The number of rotatable bonds is 9. The second-order valence-electron chi connectivity index (χ2n) is 7.15. The van der Waals surface area contributed by atoms with Crippen LogP contribution in [0.2, 0.25) is 6.32 Å². The number of aryl methyl sites for hydroxylation is 1. The van der Waals surface area contributed by atoms with Gasteiger partial charge in [-0.05, 0) is 31.4 Å². The summed E-state index contributed by atoms with van der Waals surface area (Å²) in [5, 5.41) is 40.7. The van der Waals surface area contributed by atoms with Crippen LogP contribution < -0.4 is 10.1 Å². The van der Waals surface area contributed by atoms with Gasteiger partial charge in [-0.3, -0.25) is 9.79 Å². The van der Waals surface area contributed by atoms with Crippen molar-refractivity contribution in [1.29, 1.82) is 0 Å². The first kappa shape index (κ1) is 21.8. The normalized spacial score (nSPS) is 16.8. The van der Waals surface area contributed by atoms with E-state index in [1.54, 1.807) is 18.2 Å². The maximum Gasteiger partial charge on any atom is 0.451 e. The van der Waals surface area contributed by atoms with Gasteiger partial charge in [0.25, 0.3) is 0 Å². The van der Waals surface area contributed by atoms with Crippen molar-refractivity contribution in [2.45, 2.75) is 31.3 Å². The van der Waals surface area contributed by atoms with E-state index >= 15 is 0 Å². The lowest BCUT2D eigenvalue weighted by molar-refractivity contribution is -0.141. The van der Waals surface area contributed by atoms with Crippen molar-refractivity contribution in [3.8, 4) is 11.5 Å². The molecule has 0 aliphatic carbocycles. The molecule has 160 valence electrons. The molecule has 1 amide bonds. The number of allylic oxidation sites excluding steroid dienone is 1. The summed E-state index contributed by atoms with van der Waals surface area (Å²) in [4.78, 5) is 30.1. The van der Waals surface area contributed by atoms with Crippen LogP contribution >= 0.6 is 0 Å². The molecule has 2 aliphatic heterocycles. The Morgan fingerprint density at radius 1 is 1.37 bits per heavy atom. The van der Waals surface area contributed by atoms with Gasteiger partial charge in [-0.25, -0.2) is 4.79 Å². The number of aromatic hydroxyl groups is 1. The third-order valence-electron chi connectivity index (χ3n) is 5.07. The van der Waals surface area contributed by atoms with Gasteiger partial charge in [0.15, 0.2) is 0 Å². The minimum Gasteiger partial charge on any atom is -0.507 e. The monoisotopic (exact) mass is 417 g/mol. The maximum absolute atomic E-state index is 12.7. The lowest BCUT2D eigenvalue weighted by atomic mass is 9.82. The van der Waals surface area contributed by atoms with E-state index in [9.17, 15) is 19.8 Å². The van der Waals surface area contributed by atoms with Gasteiger partial charge >= 0.3 is 13.1 Å². The Bertz CT molecular complexity index is 881. The van der Waals surface area contributed by atoms with E-state index in [1.807, 2.05) is 6.08 Å². The quantitative estimate of drug-likeness (QED) is 0.342. The van der Waals surface area contributed by atoms with Crippen LogP contribution in [0.15, 0.2) is 28.9 Å². The Balaban J connectivity index is 1.65. The molecule has 1 unspecified atom stereocenters. The van der Waals surface area contributed by atoms with Gasteiger partial charge in [0.1, 0.15) is 29.2 Å². The van der Waals surface area contributed by atoms with Gasteiger partial charge in [-0.2, -0.15) is 0 Å². The number of nitrogens with one attached hydrogen (secondary N) is 1. The van der Waals surface area contributed by atoms with Crippen LogP contribution in [0.4, 0.5) is 0 Å². The number of carboxylic acid groups (broad SMARTS) is 1. The number of aliphatic imine (C=N–C) groups is 1. The molecule has 0 saturated carbocycles. The first-order valence-electron chi connectivity index (χ1n) is 9.61. The number of benzene rings is 1. The molecule has 10 nitrogen and oxygen atoms in total. The number of hydrogen-bond donors (Lipinski definition) is 5. The van der Waals surface area contributed by atoms with E-state index < -0.39 is 31.0 Å². The zero-order valence-electron chi connectivity index (χ0n) is 16.5. The van der Waals surface area contributed by atoms with Crippen LogP contribution in [0.3, 0.4) is 0 Å². The lowest BCUT2D eigenvalue weighted by Crippen LogP contribution is -2.60. The number of amides is 1. The molecule has 0 bridgehead atoms. The van der Waals surface area contributed by atoms with Crippen molar-refractivity contribution in [2.75, 3.05) is 20.1 Å². The van der Waals surface area contributed by atoms with E-state index in [4.69, 9.17) is 14.8 Å². The molecule has 2 aliphatic rings. The van der Waals surface area contributed by atoms with Gasteiger partial charge in [-0.15, -0.1) is 0 Å². The van der Waals surface area contributed by atoms with Gasteiger partial charge in [0.2, 0.25) is 5.91 Å². The van der Waals surface area contributed by atoms with Crippen LogP contribution in [0, 0.1) is 0 Å². The zero-order chi connectivity index (χ0) is 21.8. The van der Waals surface area contributed by atoms with Gasteiger partial charge in [0.05, 0.1) is 18.8 Å². The van der Waals surface area contributed by atoms with Crippen molar-refractivity contribution < 1.29 is 34.6 Å². The van der Waals surface area contributed by atoms with Crippen molar-refractivity contribution in [3.05, 3.63) is 35.0 Å². The first-order valence-corrected chi connectivity index (χ1v) is 9.61. The molecule has 1 aromatic rings. The molecule has 30 heavy (non-hydrogen) atoms. The largest absolute Gasteiger partial charge is 0.507 e. The molecule has 5 N–H and O–H groups in total. The van der Waals surface area contributed by atoms with Crippen molar-refractivity contribution in [2.24, 2.45) is 4.99 Å². The third kappa shape index (κ3) is 4.64. The zero-order valence-corrected chi connectivity index (χ0v) is 16.5. The topological polar surface area (TPSA) is 152 Å². The Labute approximate surface area is 173 Å². The predicted octanol–water partition coefficient (Wildman–Crippen LogP) is -0.358. The fourth-order valence-electron chi connectivity index (χ4n) is 3.44. The highest BCUT2D eigenvalue weighted by atomic mass is 16.5. The lowest BCUT2D eigenvalue weighted by Gasteiger charge is -2.40. The van der Waals surface area contributed by atoms with Crippen LogP contribution in [-0.2, 0) is 11.2 Å². The number of hydrogen-bond acceptors (Lipinski definition) is 8. The smallest absolute Gasteiger partial charge is 0.451 e. The Kier molecular flexibility index (Phi) is 6.75. The minimum atomic E-state index is -1.56. The first-order chi connectivity index (χ1) is 14.3. The van der Waals surface area contributed by atoms with E-state index in [-0.39, 0.29) is 48.6 Å². The summed E-state index contributed by atoms with van der Waals surface area (Å²) in [5.74, 6) is -1.96. The van der Waals surface area contributed by atoms with Gasteiger partial charge < -0.3 is 35.2 Å². The van der Waals surface area contributed by atoms with Gasteiger partial charge in [0, 0.05) is 12.6 Å². The maximum atomic E-state index is 12.7. The molecular formula is C19H24BN3O7. The SMILES string of the molecule is CNC(C(=O)N1CC(Oc2ccc(CCB(O)O)c(O)c2C(=O)O)C1)C1=CCC=N1. The minimum absolute atomic E-state index is 0.00124. The fraction of sp³-hybridized carbons (Fsp3) is 0.421. The van der Waals surface area contributed by atoms with E-state index in [1.165, 1.54) is 12.1 Å². The summed E-state index contributed by atoms with van der Waals surface area (Å²) in [6, 6.07) is 2.38. The molecule has 1 aromatic carbocycles. The summed E-state index contributed by atoms with van der Waals surface area (Å²) >= 11 is 0. The van der Waals surface area contributed by atoms with Crippen LogP contribution in [0.5, 0.6) is 11.5 Å². The number of carbonyl (C=O) groups is 2. The van der Waals surface area contributed by atoms with Crippen molar-refractivity contribution in [1.82, 2.24) is 10.2 Å². The predicted molar refractivity (Wildman–Crippen MR) is 109 cm³/mol. The molecule has 1 saturated heterocycles. The van der Waals surface area contributed by atoms with Crippen LogP contribution in [0.1, 0.15) is 22.3 Å².